The van der Waals surface area contributed by atoms with Gasteiger partial charge in [0.2, 0.25) is 12.6 Å². The summed E-state index contributed by atoms with van der Waals surface area (Å²) < 4.78 is 17.7. The highest BCUT2D eigenvalue weighted by molar-refractivity contribution is 6.30. The fourth-order valence-electron chi connectivity index (χ4n) is 3.07. The maximum Gasteiger partial charge on any atom is 0.259 e. The minimum atomic E-state index is -0.135. The molecule has 8 heteroatoms. The molecule has 0 fully saturated rings. The number of halogens is 1. The third kappa shape index (κ3) is 3.48. The Balaban J connectivity index is 1.44. The summed E-state index contributed by atoms with van der Waals surface area (Å²) >= 11 is 5.92. The van der Waals surface area contributed by atoms with Gasteiger partial charge >= 0.3 is 0 Å². The Labute approximate surface area is 170 Å². The molecule has 4 aromatic rings. The lowest BCUT2D eigenvalue weighted by Gasteiger charge is -2.07. The van der Waals surface area contributed by atoms with Gasteiger partial charge < -0.3 is 18.6 Å². The van der Waals surface area contributed by atoms with Crippen LogP contribution in [0.25, 0.3) is 22.8 Å². The number of rotatable bonds is 4. The van der Waals surface area contributed by atoms with Gasteiger partial charge in [-0.05, 0) is 48.0 Å². The first-order valence-corrected chi connectivity index (χ1v) is 9.22. The molecular weight excluding hydrogens is 394 g/mol. The van der Waals surface area contributed by atoms with Crippen LogP contribution < -0.4 is 15.0 Å². The maximum absolute atomic E-state index is 12.3. The number of benzene rings is 2. The summed E-state index contributed by atoms with van der Waals surface area (Å²) in [6.07, 6.45) is 1.70. The van der Waals surface area contributed by atoms with Crippen LogP contribution in [0.3, 0.4) is 0 Å². The fourth-order valence-corrected chi connectivity index (χ4v) is 3.20. The van der Waals surface area contributed by atoms with Crippen LogP contribution in [-0.2, 0) is 6.54 Å². The first-order chi connectivity index (χ1) is 14.2. The number of pyridine rings is 1. The van der Waals surface area contributed by atoms with Gasteiger partial charge in [-0.25, -0.2) is 0 Å². The van der Waals surface area contributed by atoms with Gasteiger partial charge in [0.15, 0.2) is 11.5 Å². The molecule has 1 aliphatic rings. The number of fused-ring (bicyclic) bond motifs is 1. The Bertz CT molecular complexity index is 1250. The van der Waals surface area contributed by atoms with E-state index in [1.165, 1.54) is 6.07 Å². The van der Waals surface area contributed by atoms with Gasteiger partial charge in [0, 0.05) is 22.8 Å². The van der Waals surface area contributed by atoms with Crippen LogP contribution in [0.2, 0.25) is 5.02 Å². The zero-order valence-corrected chi connectivity index (χ0v) is 15.8. The highest BCUT2D eigenvalue weighted by Crippen LogP contribution is 2.32. The zero-order chi connectivity index (χ0) is 19.8. The van der Waals surface area contributed by atoms with Crippen molar-refractivity contribution in [2.45, 2.75) is 6.54 Å². The Hall–Kier alpha value is -3.58. The van der Waals surface area contributed by atoms with Crippen LogP contribution in [0.15, 0.2) is 70.1 Å². The molecule has 0 radical (unpaired) electrons. The molecule has 0 N–H and O–H groups in total. The highest BCUT2D eigenvalue weighted by atomic mass is 35.5. The Morgan fingerprint density at radius 1 is 0.966 bits per heavy atom. The van der Waals surface area contributed by atoms with Crippen molar-refractivity contribution in [3.05, 3.63) is 81.7 Å². The number of ether oxygens (including phenoxy) is 2. The highest BCUT2D eigenvalue weighted by Gasteiger charge is 2.15. The van der Waals surface area contributed by atoms with E-state index in [9.17, 15) is 4.79 Å². The number of hydrogen-bond donors (Lipinski definition) is 0. The molecule has 144 valence electrons. The van der Waals surface area contributed by atoms with Crippen molar-refractivity contribution in [1.82, 2.24) is 14.7 Å². The standard InChI is InChI=1S/C21H14ClN3O4/c22-16-5-2-14(3-6-16)20-23-21(29-24-20)15-4-8-19(26)25(11-15)10-13-1-7-17-18(9-13)28-12-27-17/h1-9,11H,10,12H2. The first kappa shape index (κ1) is 17.5. The average molecular weight is 408 g/mol. The van der Waals surface area contributed by atoms with Crippen LogP contribution in [0.5, 0.6) is 11.5 Å². The summed E-state index contributed by atoms with van der Waals surface area (Å²) in [5.41, 5.74) is 2.22. The molecule has 2 aromatic heterocycles. The molecule has 0 unspecified atom stereocenters. The summed E-state index contributed by atoms with van der Waals surface area (Å²) in [5, 5.41) is 4.65. The molecule has 1 aliphatic heterocycles. The normalized spacial score (nSPS) is 12.3. The van der Waals surface area contributed by atoms with E-state index in [2.05, 4.69) is 10.1 Å². The van der Waals surface area contributed by atoms with E-state index in [0.29, 0.717) is 40.3 Å². The Morgan fingerprint density at radius 2 is 1.76 bits per heavy atom. The monoisotopic (exact) mass is 407 g/mol. The maximum atomic E-state index is 12.3. The molecule has 0 saturated heterocycles. The third-order valence-corrected chi connectivity index (χ3v) is 4.80. The summed E-state index contributed by atoms with van der Waals surface area (Å²) in [6.45, 7) is 0.586. The lowest BCUT2D eigenvalue weighted by atomic mass is 10.2. The minimum Gasteiger partial charge on any atom is -0.454 e. The van der Waals surface area contributed by atoms with Crippen LogP contribution in [-0.4, -0.2) is 21.5 Å². The molecule has 0 atom stereocenters. The van der Waals surface area contributed by atoms with Gasteiger partial charge in [-0.1, -0.05) is 22.8 Å². The summed E-state index contributed by atoms with van der Waals surface area (Å²) in [7, 11) is 0. The van der Waals surface area contributed by atoms with Crippen LogP contribution >= 0.6 is 11.6 Å². The molecule has 29 heavy (non-hydrogen) atoms. The molecule has 0 saturated carbocycles. The van der Waals surface area contributed by atoms with Gasteiger partial charge in [0.1, 0.15) is 0 Å². The molecule has 0 spiro atoms. The van der Waals surface area contributed by atoms with E-state index < -0.39 is 0 Å². The quantitative estimate of drug-likeness (QED) is 0.509. The second-order valence-corrected chi connectivity index (χ2v) is 6.94. The van der Waals surface area contributed by atoms with Crippen molar-refractivity contribution in [2.75, 3.05) is 6.79 Å². The average Bonchev–Trinajstić information content (AvgIpc) is 3.39. The van der Waals surface area contributed by atoms with E-state index in [0.717, 1.165) is 11.1 Å². The summed E-state index contributed by atoms with van der Waals surface area (Å²) in [5.74, 6) is 2.16. The molecule has 2 aromatic carbocycles. The van der Waals surface area contributed by atoms with E-state index >= 15 is 0 Å². The molecule has 5 rings (SSSR count). The van der Waals surface area contributed by atoms with E-state index in [-0.39, 0.29) is 12.4 Å². The number of nitrogens with zero attached hydrogens (tertiary/aromatic N) is 3. The lowest BCUT2D eigenvalue weighted by Crippen LogP contribution is -2.19. The minimum absolute atomic E-state index is 0.135. The van der Waals surface area contributed by atoms with Gasteiger partial charge in [-0.3, -0.25) is 4.79 Å². The van der Waals surface area contributed by atoms with Crippen LogP contribution in [0.1, 0.15) is 5.56 Å². The van der Waals surface area contributed by atoms with Crippen molar-refractivity contribution in [1.29, 1.82) is 0 Å². The molecule has 3 heterocycles. The molecular formula is C21H14ClN3O4. The van der Waals surface area contributed by atoms with Gasteiger partial charge in [0.05, 0.1) is 12.1 Å². The van der Waals surface area contributed by atoms with Crippen molar-refractivity contribution >= 4 is 11.6 Å². The second kappa shape index (κ2) is 7.10. The van der Waals surface area contributed by atoms with E-state index in [4.69, 9.17) is 25.6 Å². The van der Waals surface area contributed by atoms with Gasteiger partial charge in [-0.2, -0.15) is 4.98 Å². The fraction of sp³-hybridized carbons (Fsp3) is 0.0952. The molecule has 0 bridgehead atoms. The van der Waals surface area contributed by atoms with E-state index in [1.807, 2.05) is 30.3 Å². The summed E-state index contributed by atoms with van der Waals surface area (Å²) in [4.78, 5) is 16.8. The Kier molecular flexibility index (Phi) is 4.29. The van der Waals surface area contributed by atoms with Crippen molar-refractivity contribution in [3.63, 3.8) is 0 Å². The van der Waals surface area contributed by atoms with Crippen molar-refractivity contribution in [3.8, 4) is 34.3 Å². The predicted molar refractivity (Wildman–Crippen MR) is 106 cm³/mol. The van der Waals surface area contributed by atoms with Crippen molar-refractivity contribution in [2.24, 2.45) is 0 Å². The second-order valence-electron chi connectivity index (χ2n) is 6.50. The van der Waals surface area contributed by atoms with E-state index in [1.54, 1.807) is 29.0 Å². The molecule has 0 aliphatic carbocycles. The molecule has 0 amide bonds. The third-order valence-electron chi connectivity index (χ3n) is 4.55. The van der Waals surface area contributed by atoms with Crippen LogP contribution in [0, 0.1) is 0 Å². The van der Waals surface area contributed by atoms with Crippen molar-refractivity contribution < 1.29 is 14.0 Å². The SMILES string of the molecule is O=c1ccc(-c2nc(-c3ccc(Cl)cc3)no2)cn1Cc1ccc2c(c1)OCO2. The smallest absolute Gasteiger partial charge is 0.259 e. The molecule has 7 nitrogen and oxygen atoms in total. The number of aromatic nitrogens is 3. The predicted octanol–water partition coefficient (Wildman–Crippen LogP) is 4.00. The largest absolute Gasteiger partial charge is 0.454 e. The zero-order valence-electron chi connectivity index (χ0n) is 15.0. The first-order valence-electron chi connectivity index (χ1n) is 8.85. The summed E-state index contributed by atoms with van der Waals surface area (Å²) in [6, 6.07) is 15.9. The van der Waals surface area contributed by atoms with Gasteiger partial charge in [0.25, 0.3) is 11.4 Å². The lowest BCUT2D eigenvalue weighted by molar-refractivity contribution is 0.174. The number of hydrogen-bond acceptors (Lipinski definition) is 6. The Morgan fingerprint density at radius 3 is 2.62 bits per heavy atom. The van der Waals surface area contributed by atoms with Crippen LogP contribution in [0.4, 0.5) is 0 Å². The topological polar surface area (TPSA) is 79.4 Å². The van der Waals surface area contributed by atoms with Gasteiger partial charge in [-0.15, -0.1) is 0 Å².